The number of para-hydroxylation sites is 4. The quantitative estimate of drug-likeness (QED) is 0.344. The van der Waals surface area contributed by atoms with Crippen LogP contribution in [0.1, 0.15) is 53.9 Å². The van der Waals surface area contributed by atoms with Gasteiger partial charge in [-0.1, -0.05) is 52.0 Å². The van der Waals surface area contributed by atoms with Gasteiger partial charge in [0.25, 0.3) is 12.0 Å². The van der Waals surface area contributed by atoms with E-state index in [1.54, 1.807) is 0 Å². The molecule has 0 amide bonds. The monoisotopic (exact) mass is 458 g/mol. The maximum Gasteiger partial charge on any atom is 0.298 e. The van der Waals surface area contributed by atoms with Crippen molar-refractivity contribution in [1.82, 2.24) is 19.1 Å². The van der Waals surface area contributed by atoms with Gasteiger partial charge in [0, 0.05) is 5.41 Å². The van der Waals surface area contributed by atoms with Crippen LogP contribution in [0.25, 0.3) is 22.1 Å². The van der Waals surface area contributed by atoms with Crippen molar-refractivity contribution in [3.05, 3.63) is 48.5 Å². The van der Waals surface area contributed by atoms with Gasteiger partial charge in [0.2, 0.25) is 0 Å². The van der Waals surface area contributed by atoms with Gasteiger partial charge in [0.1, 0.15) is 11.7 Å². The molecule has 0 aliphatic carbocycles. The number of hydrogen-bond donors (Lipinski definition) is 0. The highest BCUT2D eigenvalue weighted by molar-refractivity contribution is 5.77. The molecule has 6 heteroatoms. The Bertz CT molecular complexity index is 1380. The minimum atomic E-state index is -0.291. The van der Waals surface area contributed by atoms with Gasteiger partial charge in [-0.2, -0.15) is 9.97 Å². The summed E-state index contributed by atoms with van der Waals surface area (Å²) >= 11 is 0. The molecule has 0 saturated heterocycles. The lowest BCUT2D eigenvalue weighted by atomic mass is 9.69. The second kappa shape index (κ2) is 7.24. The maximum absolute atomic E-state index is 6.53. The van der Waals surface area contributed by atoms with Crippen molar-refractivity contribution in [3.63, 3.8) is 0 Å². The summed E-state index contributed by atoms with van der Waals surface area (Å²) in [5.74, 6) is 0. The zero-order valence-corrected chi connectivity index (χ0v) is 20.8. The van der Waals surface area contributed by atoms with Gasteiger partial charge >= 0.3 is 0 Å². The first kappa shape index (κ1) is 21.5. The smallest absolute Gasteiger partial charge is 0.298 e. The number of benzene rings is 2. The van der Waals surface area contributed by atoms with E-state index < -0.39 is 0 Å². The van der Waals surface area contributed by atoms with Crippen molar-refractivity contribution < 1.29 is 9.47 Å². The molecule has 0 spiro atoms. The largest absolute Gasteiger partial charge is 0.459 e. The Labute approximate surface area is 200 Å². The molecule has 4 heterocycles. The van der Waals surface area contributed by atoms with E-state index in [0.717, 1.165) is 66.4 Å². The third-order valence-electron chi connectivity index (χ3n) is 8.31. The van der Waals surface area contributed by atoms with Crippen molar-refractivity contribution in [1.29, 1.82) is 0 Å². The number of nitrogens with zero attached hydrogens (tertiary/aromatic N) is 4. The molecule has 4 aromatic rings. The van der Waals surface area contributed by atoms with E-state index in [9.17, 15) is 0 Å². The molecule has 0 N–H and O–H groups in total. The van der Waals surface area contributed by atoms with Gasteiger partial charge in [-0.15, -0.1) is 0 Å². The molecule has 0 fully saturated rings. The molecule has 178 valence electrons. The molecule has 2 aliphatic rings. The van der Waals surface area contributed by atoms with Gasteiger partial charge in [0.05, 0.1) is 35.2 Å². The van der Waals surface area contributed by atoms with E-state index in [-0.39, 0.29) is 22.5 Å². The molecule has 0 bridgehead atoms. The summed E-state index contributed by atoms with van der Waals surface area (Å²) in [6.45, 7) is 13.3. The number of aromatic nitrogens is 4. The highest BCUT2D eigenvalue weighted by atomic mass is 16.5. The molecule has 0 saturated carbocycles. The number of rotatable bonds is 6. The lowest BCUT2D eigenvalue weighted by molar-refractivity contribution is -0.0260. The number of imidazole rings is 2. The van der Waals surface area contributed by atoms with Crippen LogP contribution in [0.5, 0.6) is 12.0 Å². The average molecular weight is 459 g/mol. The van der Waals surface area contributed by atoms with E-state index >= 15 is 0 Å². The minimum Gasteiger partial charge on any atom is -0.459 e. The van der Waals surface area contributed by atoms with Crippen LogP contribution in [0.4, 0.5) is 0 Å². The third-order valence-corrected chi connectivity index (χ3v) is 8.31. The van der Waals surface area contributed by atoms with E-state index in [0.29, 0.717) is 0 Å². The molecule has 6 rings (SSSR count). The topological polar surface area (TPSA) is 54.1 Å². The SMILES string of the molecule is CC(C)(CCC(C)(C)[C@]1(C)Cn2c(nc3ccccc32)O1)CC1Cn2c(nc3ccccc32)O1. The predicted molar refractivity (Wildman–Crippen MR) is 134 cm³/mol. The molecular formula is C28H34N4O2. The summed E-state index contributed by atoms with van der Waals surface area (Å²) in [7, 11) is 0. The lowest BCUT2D eigenvalue weighted by Crippen LogP contribution is -2.47. The third kappa shape index (κ3) is 3.38. The summed E-state index contributed by atoms with van der Waals surface area (Å²) in [5.41, 5.74) is 4.18. The maximum atomic E-state index is 6.53. The summed E-state index contributed by atoms with van der Waals surface area (Å²) in [5, 5.41) is 0. The summed E-state index contributed by atoms with van der Waals surface area (Å²) in [6, 6.07) is 18.1. The Kier molecular flexibility index (Phi) is 4.58. The lowest BCUT2D eigenvalue weighted by Gasteiger charge is -2.42. The van der Waals surface area contributed by atoms with Crippen molar-refractivity contribution in [2.45, 2.75) is 78.7 Å². The van der Waals surface area contributed by atoms with Crippen molar-refractivity contribution in [3.8, 4) is 12.0 Å². The molecule has 6 nitrogen and oxygen atoms in total. The Balaban J connectivity index is 1.11. The van der Waals surface area contributed by atoms with E-state index in [2.05, 4.69) is 79.1 Å². The van der Waals surface area contributed by atoms with Crippen LogP contribution in [-0.2, 0) is 13.1 Å². The van der Waals surface area contributed by atoms with Crippen molar-refractivity contribution in [2.24, 2.45) is 10.8 Å². The molecule has 0 radical (unpaired) electrons. The number of hydrogen-bond acceptors (Lipinski definition) is 4. The molecule has 34 heavy (non-hydrogen) atoms. The van der Waals surface area contributed by atoms with E-state index in [1.807, 2.05) is 18.2 Å². The standard InChI is InChI=1S/C28H34N4O2/c1-26(2,16-19-17-31-22-12-8-6-10-20(22)29-24(31)33-19)14-15-27(3,4)28(5)18-32-23-13-9-7-11-21(23)30-25(32)34-28/h6-13,19H,14-18H2,1-5H3/t19?,28-/m0/s1. The summed E-state index contributed by atoms with van der Waals surface area (Å²) in [6.07, 6.45) is 3.34. The first-order valence-electron chi connectivity index (χ1n) is 12.4. The molecule has 1 unspecified atom stereocenters. The normalized spacial score (nSPS) is 22.1. The number of fused-ring (bicyclic) bond motifs is 6. The second-order valence-electron chi connectivity index (χ2n) is 11.8. The van der Waals surface area contributed by atoms with Crippen LogP contribution in [0.15, 0.2) is 48.5 Å². The van der Waals surface area contributed by atoms with Gasteiger partial charge in [-0.3, -0.25) is 9.13 Å². The van der Waals surface area contributed by atoms with E-state index in [1.165, 1.54) is 0 Å². The average Bonchev–Trinajstić information content (AvgIpc) is 3.50. The van der Waals surface area contributed by atoms with Crippen LogP contribution in [0.3, 0.4) is 0 Å². The molecule has 2 aromatic carbocycles. The highest BCUT2D eigenvalue weighted by Gasteiger charge is 2.49. The fourth-order valence-electron chi connectivity index (χ4n) is 5.62. The summed E-state index contributed by atoms with van der Waals surface area (Å²) < 4.78 is 17.3. The first-order chi connectivity index (χ1) is 16.1. The Morgan fingerprint density at radius 1 is 0.882 bits per heavy atom. The van der Waals surface area contributed by atoms with Crippen molar-refractivity contribution in [2.75, 3.05) is 0 Å². The van der Waals surface area contributed by atoms with Gasteiger partial charge < -0.3 is 9.47 Å². The second-order valence-corrected chi connectivity index (χ2v) is 11.8. The Hall–Kier alpha value is -3.02. The predicted octanol–water partition coefficient (Wildman–Crippen LogP) is 6.22. The molecule has 2 aliphatic heterocycles. The fourth-order valence-corrected chi connectivity index (χ4v) is 5.62. The Morgan fingerprint density at radius 2 is 1.50 bits per heavy atom. The minimum absolute atomic E-state index is 0.00830. The van der Waals surface area contributed by atoms with Crippen LogP contribution >= 0.6 is 0 Å². The fraction of sp³-hybridized carbons (Fsp3) is 0.500. The van der Waals surface area contributed by atoms with E-state index in [4.69, 9.17) is 14.5 Å². The van der Waals surface area contributed by atoms with Gasteiger partial charge in [0.15, 0.2) is 0 Å². The Morgan fingerprint density at radius 3 is 2.21 bits per heavy atom. The van der Waals surface area contributed by atoms with Crippen LogP contribution in [0.2, 0.25) is 0 Å². The molecular weight excluding hydrogens is 424 g/mol. The molecule has 2 atom stereocenters. The van der Waals surface area contributed by atoms with Crippen molar-refractivity contribution >= 4 is 22.1 Å². The molecule has 2 aromatic heterocycles. The first-order valence-corrected chi connectivity index (χ1v) is 12.4. The number of ether oxygens (including phenoxy) is 2. The van der Waals surface area contributed by atoms with Gasteiger partial charge in [-0.05, 0) is 55.9 Å². The zero-order chi connectivity index (χ0) is 23.7. The summed E-state index contributed by atoms with van der Waals surface area (Å²) in [4.78, 5) is 9.40. The van der Waals surface area contributed by atoms with Crippen LogP contribution in [-0.4, -0.2) is 30.8 Å². The highest BCUT2D eigenvalue weighted by Crippen LogP contribution is 2.47. The van der Waals surface area contributed by atoms with Crippen LogP contribution in [0, 0.1) is 10.8 Å². The zero-order valence-electron chi connectivity index (χ0n) is 20.8. The van der Waals surface area contributed by atoms with Gasteiger partial charge in [-0.25, -0.2) is 0 Å². The van der Waals surface area contributed by atoms with Crippen LogP contribution < -0.4 is 9.47 Å².